The molecule has 0 aliphatic heterocycles. The standard InChI is InChI=1S/C14H23N3O2/c1-9(2)7-8-16-14(18)11(4)19-12-6-5-10(3)17-13(12)15/h5-6,9,11H,7-8H2,1-4H3,(H2,15,17)(H,16,18). The number of nitrogen functional groups attached to an aromatic ring is 1. The van der Waals surface area contributed by atoms with Crippen molar-refractivity contribution in [2.45, 2.75) is 40.2 Å². The highest BCUT2D eigenvalue weighted by Crippen LogP contribution is 2.20. The van der Waals surface area contributed by atoms with Crippen LogP contribution >= 0.6 is 0 Å². The van der Waals surface area contributed by atoms with Crippen molar-refractivity contribution < 1.29 is 9.53 Å². The molecule has 106 valence electrons. The Morgan fingerprint density at radius 3 is 2.68 bits per heavy atom. The predicted molar refractivity (Wildman–Crippen MR) is 75.9 cm³/mol. The Bertz CT molecular complexity index is 433. The molecule has 1 atom stereocenters. The van der Waals surface area contributed by atoms with E-state index in [4.69, 9.17) is 10.5 Å². The summed E-state index contributed by atoms with van der Waals surface area (Å²) in [5.41, 5.74) is 6.56. The second kappa shape index (κ2) is 6.97. The Balaban J connectivity index is 2.49. The van der Waals surface area contributed by atoms with Gasteiger partial charge in [-0.3, -0.25) is 4.79 Å². The summed E-state index contributed by atoms with van der Waals surface area (Å²) in [4.78, 5) is 15.9. The molecular formula is C14H23N3O2. The predicted octanol–water partition coefficient (Wildman–Crippen LogP) is 1.90. The number of nitrogens with two attached hydrogens (primary N) is 1. The number of nitrogens with one attached hydrogen (secondary N) is 1. The third-order valence-electron chi connectivity index (χ3n) is 2.72. The average Bonchev–Trinajstić information content (AvgIpc) is 2.32. The summed E-state index contributed by atoms with van der Waals surface area (Å²) in [7, 11) is 0. The first kappa shape index (κ1) is 15.3. The topological polar surface area (TPSA) is 77.2 Å². The van der Waals surface area contributed by atoms with Crippen molar-refractivity contribution >= 4 is 11.7 Å². The molecule has 0 aliphatic carbocycles. The van der Waals surface area contributed by atoms with Crippen molar-refractivity contribution in [2.24, 2.45) is 5.92 Å². The maximum Gasteiger partial charge on any atom is 0.260 e. The molecule has 0 aromatic carbocycles. The third kappa shape index (κ3) is 5.16. The molecule has 1 unspecified atom stereocenters. The van der Waals surface area contributed by atoms with Crippen LogP contribution in [0.5, 0.6) is 5.75 Å². The smallest absolute Gasteiger partial charge is 0.260 e. The van der Waals surface area contributed by atoms with Crippen molar-refractivity contribution in [3.8, 4) is 5.75 Å². The molecule has 1 aromatic heterocycles. The highest BCUT2D eigenvalue weighted by Gasteiger charge is 2.15. The van der Waals surface area contributed by atoms with Gasteiger partial charge < -0.3 is 15.8 Å². The molecule has 1 amide bonds. The van der Waals surface area contributed by atoms with Crippen LogP contribution in [0.25, 0.3) is 0 Å². The molecule has 0 spiro atoms. The number of amides is 1. The largest absolute Gasteiger partial charge is 0.477 e. The molecule has 1 rings (SSSR count). The van der Waals surface area contributed by atoms with Crippen LogP contribution in [-0.4, -0.2) is 23.5 Å². The number of hydrogen-bond acceptors (Lipinski definition) is 4. The lowest BCUT2D eigenvalue weighted by atomic mass is 10.1. The minimum atomic E-state index is -0.584. The fraction of sp³-hybridized carbons (Fsp3) is 0.571. The minimum Gasteiger partial charge on any atom is -0.477 e. The van der Waals surface area contributed by atoms with Gasteiger partial charge in [-0.05, 0) is 38.3 Å². The molecule has 0 saturated heterocycles. The van der Waals surface area contributed by atoms with Gasteiger partial charge in [0.25, 0.3) is 5.91 Å². The Labute approximate surface area is 114 Å². The molecule has 0 bridgehead atoms. The molecule has 0 aliphatic rings. The zero-order chi connectivity index (χ0) is 14.4. The van der Waals surface area contributed by atoms with Crippen LogP contribution in [0.1, 0.15) is 32.9 Å². The molecule has 3 N–H and O–H groups in total. The third-order valence-corrected chi connectivity index (χ3v) is 2.72. The quantitative estimate of drug-likeness (QED) is 0.823. The Morgan fingerprint density at radius 1 is 1.42 bits per heavy atom. The van der Waals surface area contributed by atoms with Gasteiger partial charge in [0, 0.05) is 12.2 Å². The molecule has 19 heavy (non-hydrogen) atoms. The fourth-order valence-electron chi connectivity index (χ4n) is 1.54. The van der Waals surface area contributed by atoms with E-state index in [-0.39, 0.29) is 5.91 Å². The average molecular weight is 265 g/mol. The molecule has 0 radical (unpaired) electrons. The van der Waals surface area contributed by atoms with Gasteiger partial charge in [0.05, 0.1) is 0 Å². The summed E-state index contributed by atoms with van der Waals surface area (Å²) < 4.78 is 5.52. The summed E-state index contributed by atoms with van der Waals surface area (Å²) in [5, 5.41) is 2.84. The SMILES string of the molecule is Cc1ccc(OC(C)C(=O)NCCC(C)C)c(N)n1. The van der Waals surface area contributed by atoms with E-state index in [1.165, 1.54) is 0 Å². The Hall–Kier alpha value is -1.78. The van der Waals surface area contributed by atoms with Gasteiger partial charge in [-0.25, -0.2) is 4.98 Å². The van der Waals surface area contributed by atoms with Crippen LogP contribution in [0.3, 0.4) is 0 Å². The van der Waals surface area contributed by atoms with Gasteiger partial charge in [-0.15, -0.1) is 0 Å². The van der Waals surface area contributed by atoms with Gasteiger partial charge in [0.1, 0.15) is 0 Å². The summed E-state index contributed by atoms with van der Waals surface area (Å²) >= 11 is 0. The van der Waals surface area contributed by atoms with E-state index in [9.17, 15) is 4.79 Å². The lowest BCUT2D eigenvalue weighted by Crippen LogP contribution is -2.37. The molecule has 1 aromatic rings. The second-order valence-electron chi connectivity index (χ2n) is 5.07. The molecule has 0 fully saturated rings. The number of aromatic nitrogens is 1. The van der Waals surface area contributed by atoms with E-state index in [0.29, 0.717) is 24.0 Å². The first-order chi connectivity index (χ1) is 8.90. The molecular weight excluding hydrogens is 242 g/mol. The minimum absolute atomic E-state index is 0.138. The van der Waals surface area contributed by atoms with E-state index in [2.05, 4.69) is 24.1 Å². The summed E-state index contributed by atoms with van der Waals surface area (Å²) in [5.74, 6) is 1.17. The zero-order valence-corrected chi connectivity index (χ0v) is 12.1. The van der Waals surface area contributed by atoms with E-state index in [1.807, 2.05) is 6.92 Å². The monoisotopic (exact) mass is 265 g/mol. The van der Waals surface area contributed by atoms with Crippen molar-refractivity contribution in [1.82, 2.24) is 10.3 Å². The summed E-state index contributed by atoms with van der Waals surface area (Å²) in [6.07, 6.45) is 0.367. The number of carbonyl (C=O) groups excluding carboxylic acids is 1. The second-order valence-corrected chi connectivity index (χ2v) is 5.07. The number of aryl methyl sites for hydroxylation is 1. The lowest BCUT2D eigenvalue weighted by molar-refractivity contribution is -0.127. The number of ether oxygens (including phenoxy) is 1. The van der Waals surface area contributed by atoms with Gasteiger partial charge in [0.15, 0.2) is 17.7 Å². The van der Waals surface area contributed by atoms with Crippen LogP contribution in [-0.2, 0) is 4.79 Å². The number of hydrogen-bond donors (Lipinski definition) is 2. The number of rotatable bonds is 6. The number of nitrogens with zero attached hydrogens (tertiary/aromatic N) is 1. The molecule has 0 saturated carbocycles. The maximum absolute atomic E-state index is 11.8. The molecule has 5 heteroatoms. The summed E-state index contributed by atoms with van der Waals surface area (Å²) in [6, 6.07) is 3.53. The number of pyridine rings is 1. The zero-order valence-electron chi connectivity index (χ0n) is 12.1. The molecule has 1 heterocycles. The van der Waals surface area contributed by atoms with Crippen LogP contribution in [0.2, 0.25) is 0 Å². The van der Waals surface area contributed by atoms with Crippen LogP contribution in [0.15, 0.2) is 12.1 Å². The van der Waals surface area contributed by atoms with Gasteiger partial charge in [-0.2, -0.15) is 0 Å². The van der Waals surface area contributed by atoms with E-state index in [1.54, 1.807) is 19.1 Å². The van der Waals surface area contributed by atoms with E-state index >= 15 is 0 Å². The Kier molecular flexibility index (Phi) is 5.60. The number of carbonyl (C=O) groups is 1. The summed E-state index contributed by atoms with van der Waals surface area (Å²) in [6.45, 7) is 8.44. The van der Waals surface area contributed by atoms with Crippen molar-refractivity contribution in [2.75, 3.05) is 12.3 Å². The van der Waals surface area contributed by atoms with E-state index in [0.717, 1.165) is 12.1 Å². The fourth-order valence-corrected chi connectivity index (χ4v) is 1.54. The van der Waals surface area contributed by atoms with Crippen LogP contribution in [0.4, 0.5) is 5.82 Å². The normalized spacial score (nSPS) is 12.3. The van der Waals surface area contributed by atoms with Crippen molar-refractivity contribution in [3.05, 3.63) is 17.8 Å². The van der Waals surface area contributed by atoms with E-state index < -0.39 is 6.10 Å². The Morgan fingerprint density at radius 2 is 2.11 bits per heavy atom. The van der Waals surface area contributed by atoms with Gasteiger partial charge in [0.2, 0.25) is 0 Å². The highest BCUT2D eigenvalue weighted by atomic mass is 16.5. The van der Waals surface area contributed by atoms with Crippen LogP contribution < -0.4 is 15.8 Å². The first-order valence-electron chi connectivity index (χ1n) is 6.57. The van der Waals surface area contributed by atoms with Crippen molar-refractivity contribution in [3.63, 3.8) is 0 Å². The lowest BCUT2D eigenvalue weighted by Gasteiger charge is -2.16. The van der Waals surface area contributed by atoms with Gasteiger partial charge in [-0.1, -0.05) is 13.8 Å². The maximum atomic E-state index is 11.8. The van der Waals surface area contributed by atoms with Crippen molar-refractivity contribution in [1.29, 1.82) is 0 Å². The van der Waals surface area contributed by atoms with Crippen LogP contribution in [0, 0.1) is 12.8 Å². The highest BCUT2D eigenvalue weighted by molar-refractivity contribution is 5.80. The first-order valence-corrected chi connectivity index (χ1v) is 6.57. The molecule has 5 nitrogen and oxygen atoms in total. The van der Waals surface area contributed by atoms with Gasteiger partial charge >= 0.3 is 0 Å². The number of anilines is 1.